The summed E-state index contributed by atoms with van der Waals surface area (Å²) in [5, 5.41) is 0. The Balaban J connectivity index is 1.63. The Kier molecular flexibility index (Phi) is 6.84. The number of pyridine rings is 1. The van der Waals surface area contributed by atoms with Gasteiger partial charge in [0.05, 0.1) is 6.61 Å². The third kappa shape index (κ3) is 4.79. The molecule has 2 aliphatic heterocycles. The highest BCUT2D eigenvalue weighted by molar-refractivity contribution is 5.98. The van der Waals surface area contributed by atoms with Crippen LogP contribution in [0.5, 0.6) is 0 Å². The number of carbonyl (C=O) groups is 3. The Morgan fingerprint density at radius 1 is 0.893 bits per heavy atom. The van der Waals surface area contributed by atoms with Crippen LogP contribution in [0.4, 0.5) is 4.79 Å². The molecule has 0 spiro atoms. The normalized spacial score (nSPS) is 17.8. The van der Waals surface area contributed by atoms with Crippen molar-refractivity contribution in [3.63, 3.8) is 0 Å². The van der Waals surface area contributed by atoms with E-state index in [1.165, 1.54) is 6.20 Å². The summed E-state index contributed by atoms with van der Waals surface area (Å²) in [4.78, 5) is 46.7. The van der Waals surface area contributed by atoms with Gasteiger partial charge >= 0.3 is 6.09 Å². The van der Waals surface area contributed by atoms with E-state index < -0.39 is 0 Å². The zero-order valence-electron chi connectivity index (χ0n) is 16.4. The molecule has 2 fully saturated rings. The lowest BCUT2D eigenvalue weighted by Gasteiger charge is -2.33. The molecule has 2 aliphatic rings. The molecule has 0 saturated carbocycles. The molecule has 0 atom stereocenters. The van der Waals surface area contributed by atoms with Gasteiger partial charge in [0.2, 0.25) is 0 Å². The Hall–Kier alpha value is -2.64. The van der Waals surface area contributed by atoms with E-state index in [0.29, 0.717) is 38.3 Å². The Morgan fingerprint density at radius 2 is 1.50 bits per heavy atom. The summed E-state index contributed by atoms with van der Waals surface area (Å²) in [6.07, 6.45) is 5.52. The molecule has 152 valence electrons. The molecule has 0 radical (unpaired) electrons. The Morgan fingerprint density at radius 3 is 2.14 bits per heavy atom. The fourth-order valence-corrected chi connectivity index (χ4v) is 3.61. The van der Waals surface area contributed by atoms with Crippen molar-refractivity contribution in [3.8, 4) is 0 Å². The molecule has 0 N–H and O–H groups in total. The SMILES string of the molecule is CCOC(=O)N1CCN(C(=O)c2cc(C(=O)N3CCCCCC3)ccn2)CC1. The van der Waals surface area contributed by atoms with Gasteiger partial charge in [-0.3, -0.25) is 14.6 Å². The van der Waals surface area contributed by atoms with Crippen molar-refractivity contribution in [2.24, 2.45) is 0 Å². The first-order valence-corrected chi connectivity index (χ1v) is 10.1. The first-order chi connectivity index (χ1) is 13.6. The van der Waals surface area contributed by atoms with Gasteiger partial charge in [-0.15, -0.1) is 0 Å². The predicted molar refractivity (Wildman–Crippen MR) is 103 cm³/mol. The number of hydrogen-bond acceptors (Lipinski definition) is 5. The Labute approximate surface area is 165 Å². The summed E-state index contributed by atoms with van der Waals surface area (Å²) in [6, 6.07) is 3.26. The standard InChI is InChI=1S/C20H28N4O4/c1-2-28-20(27)24-13-11-23(12-14-24)19(26)17-15-16(7-8-21-17)18(25)22-9-5-3-4-6-10-22/h7-8,15H,2-6,9-14H2,1H3. The molecule has 3 heterocycles. The van der Waals surface area contributed by atoms with E-state index >= 15 is 0 Å². The van der Waals surface area contributed by atoms with Crippen LogP contribution in [0, 0.1) is 0 Å². The summed E-state index contributed by atoms with van der Waals surface area (Å²) in [5.74, 6) is -0.250. The molecule has 3 amide bonds. The zero-order valence-corrected chi connectivity index (χ0v) is 16.4. The van der Waals surface area contributed by atoms with Crippen LogP contribution in [0.1, 0.15) is 53.5 Å². The van der Waals surface area contributed by atoms with Gasteiger partial charge in [-0.2, -0.15) is 0 Å². The van der Waals surface area contributed by atoms with Crippen LogP contribution in [0.15, 0.2) is 18.3 Å². The number of aromatic nitrogens is 1. The van der Waals surface area contributed by atoms with Crippen LogP contribution in [0.3, 0.4) is 0 Å². The van der Waals surface area contributed by atoms with Gasteiger partial charge in [0, 0.05) is 51.0 Å². The fourth-order valence-electron chi connectivity index (χ4n) is 3.61. The number of likely N-dealkylation sites (tertiary alicyclic amines) is 1. The maximum Gasteiger partial charge on any atom is 0.409 e. The highest BCUT2D eigenvalue weighted by Crippen LogP contribution is 2.15. The van der Waals surface area contributed by atoms with E-state index in [4.69, 9.17) is 4.74 Å². The first-order valence-electron chi connectivity index (χ1n) is 10.1. The first kappa shape index (κ1) is 20.1. The predicted octanol–water partition coefficient (Wildman–Crippen LogP) is 2.01. The largest absolute Gasteiger partial charge is 0.450 e. The smallest absolute Gasteiger partial charge is 0.409 e. The van der Waals surface area contributed by atoms with Crippen molar-refractivity contribution in [2.75, 3.05) is 45.9 Å². The number of ether oxygens (including phenoxy) is 1. The van der Waals surface area contributed by atoms with Crippen molar-refractivity contribution >= 4 is 17.9 Å². The van der Waals surface area contributed by atoms with Crippen LogP contribution in [-0.4, -0.2) is 83.5 Å². The number of carbonyl (C=O) groups excluding carboxylic acids is 3. The molecule has 8 nitrogen and oxygen atoms in total. The highest BCUT2D eigenvalue weighted by atomic mass is 16.6. The summed E-state index contributed by atoms with van der Waals surface area (Å²) in [5.41, 5.74) is 0.774. The lowest BCUT2D eigenvalue weighted by Crippen LogP contribution is -2.50. The van der Waals surface area contributed by atoms with Crippen LogP contribution < -0.4 is 0 Å². The van der Waals surface area contributed by atoms with Crippen molar-refractivity contribution in [1.82, 2.24) is 19.7 Å². The van der Waals surface area contributed by atoms with Gasteiger partial charge in [0.15, 0.2) is 0 Å². The second-order valence-corrected chi connectivity index (χ2v) is 7.11. The van der Waals surface area contributed by atoms with E-state index in [-0.39, 0.29) is 23.6 Å². The summed E-state index contributed by atoms with van der Waals surface area (Å²) in [6.45, 7) is 5.32. The number of piperazine rings is 1. The van der Waals surface area contributed by atoms with E-state index in [0.717, 1.165) is 38.8 Å². The average Bonchev–Trinajstić information content (AvgIpc) is 3.02. The van der Waals surface area contributed by atoms with Crippen LogP contribution in [0.25, 0.3) is 0 Å². The van der Waals surface area contributed by atoms with Gasteiger partial charge in [-0.1, -0.05) is 12.8 Å². The number of hydrogen-bond donors (Lipinski definition) is 0. The maximum absolute atomic E-state index is 12.8. The number of rotatable bonds is 3. The quantitative estimate of drug-likeness (QED) is 0.791. The van der Waals surface area contributed by atoms with Crippen molar-refractivity contribution in [3.05, 3.63) is 29.6 Å². The zero-order chi connectivity index (χ0) is 19.9. The van der Waals surface area contributed by atoms with E-state index in [1.54, 1.807) is 28.9 Å². The highest BCUT2D eigenvalue weighted by Gasteiger charge is 2.27. The van der Waals surface area contributed by atoms with E-state index in [1.807, 2.05) is 4.90 Å². The van der Waals surface area contributed by atoms with Crippen molar-refractivity contribution in [1.29, 1.82) is 0 Å². The van der Waals surface area contributed by atoms with E-state index in [2.05, 4.69) is 4.98 Å². The third-order valence-electron chi connectivity index (χ3n) is 5.21. The topological polar surface area (TPSA) is 83.0 Å². The molecule has 3 rings (SSSR count). The molecule has 0 aliphatic carbocycles. The minimum Gasteiger partial charge on any atom is -0.450 e. The van der Waals surface area contributed by atoms with Gasteiger partial charge in [0.1, 0.15) is 5.69 Å². The monoisotopic (exact) mass is 388 g/mol. The molecule has 1 aromatic heterocycles. The lowest BCUT2D eigenvalue weighted by atomic mass is 10.1. The lowest BCUT2D eigenvalue weighted by molar-refractivity contribution is 0.0566. The molecule has 0 unspecified atom stereocenters. The van der Waals surface area contributed by atoms with Gasteiger partial charge in [-0.25, -0.2) is 4.79 Å². The van der Waals surface area contributed by atoms with Crippen LogP contribution >= 0.6 is 0 Å². The molecular formula is C20H28N4O4. The van der Waals surface area contributed by atoms with Crippen molar-refractivity contribution < 1.29 is 19.1 Å². The summed E-state index contributed by atoms with van der Waals surface area (Å²) >= 11 is 0. The summed E-state index contributed by atoms with van der Waals surface area (Å²) < 4.78 is 5.00. The molecule has 2 saturated heterocycles. The molecule has 0 bridgehead atoms. The van der Waals surface area contributed by atoms with Gasteiger partial charge in [0.25, 0.3) is 11.8 Å². The molecule has 8 heteroatoms. The second kappa shape index (κ2) is 9.52. The van der Waals surface area contributed by atoms with Gasteiger partial charge < -0.3 is 19.4 Å². The second-order valence-electron chi connectivity index (χ2n) is 7.11. The maximum atomic E-state index is 12.8. The van der Waals surface area contributed by atoms with Crippen LogP contribution in [0.2, 0.25) is 0 Å². The van der Waals surface area contributed by atoms with E-state index in [9.17, 15) is 14.4 Å². The minimum atomic E-state index is -0.349. The number of amides is 3. The summed E-state index contributed by atoms with van der Waals surface area (Å²) in [7, 11) is 0. The minimum absolute atomic E-state index is 0.0366. The number of nitrogens with zero attached hydrogens (tertiary/aromatic N) is 4. The fraction of sp³-hybridized carbons (Fsp3) is 0.600. The van der Waals surface area contributed by atoms with Crippen LogP contribution in [-0.2, 0) is 4.74 Å². The molecular weight excluding hydrogens is 360 g/mol. The third-order valence-corrected chi connectivity index (χ3v) is 5.21. The molecule has 0 aromatic carbocycles. The molecule has 1 aromatic rings. The van der Waals surface area contributed by atoms with Crippen molar-refractivity contribution in [2.45, 2.75) is 32.6 Å². The Bertz CT molecular complexity index is 708. The molecule has 28 heavy (non-hydrogen) atoms. The average molecular weight is 388 g/mol. The van der Waals surface area contributed by atoms with Gasteiger partial charge in [-0.05, 0) is 31.9 Å².